The van der Waals surface area contributed by atoms with Crippen LogP contribution in [0.1, 0.15) is 19.4 Å². The number of carbonyl (C=O) groups excluding carboxylic acids is 1. The maximum atomic E-state index is 12.2. The average Bonchev–Trinajstić information content (AvgIpc) is 2.93. The number of aryl methyl sites for hydroxylation is 1. The van der Waals surface area contributed by atoms with E-state index in [2.05, 4.69) is 5.32 Å². The summed E-state index contributed by atoms with van der Waals surface area (Å²) < 4.78 is 5.60. The lowest BCUT2D eigenvalue weighted by molar-refractivity contribution is -0.142. The first-order valence-electron chi connectivity index (χ1n) is 8.32. The van der Waals surface area contributed by atoms with E-state index in [1.165, 1.54) is 0 Å². The predicted octanol–water partition coefficient (Wildman–Crippen LogP) is 1.53. The summed E-state index contributed by atoms with van der Waals surface area (Å²) in [5.41, 5.74) is 1.13. The Morgan fingerprint density at radius 1 is 1.42 bits per heavy atom. The van der Waals surface area contributed by atoms with Gasteiger partial charge in [-0.1, -0.05) is 19.1 Å². The van der Waals surface area contributed by atoms with Crippen molar-refractivity contribution in [1.82, 2.24) is 10.2 Å². The molecule has 0 bridgehead atoms. The zero-order valence-corrected chi connectivity index (χ0v) is 14.5. The van der Waals surface area contributed by atoms with E-state index in [1.54, 1.807) is 0 Å². The van der Waals surface area contributed by atoms with Crippen molar-refractivity contribution in [2.45, 2.75) is 26.8 Å². The third-order valence-corrected chi connectivity index (χ3v) is 4.54. The maximum Gasteiger partial charge on any atom is 0.308 e. The van der Waals surface area contributed by atoms with E-state index in [9.17, 15) is 14.7 Å². The van der Waals surface area contributed by atoms with Gasteiger partial charge in [-0.25, -0.2) is 0 Å². The van der Waals surface area contributed by atoms with Crippen LogP contribution in [0.3, 0.4) is 0 Å². The molecule has 6 heteroatoms. The van der Waals surface area contributed by atoms with Gasteiger partial charge in [-0.2, -0.15) is 0 Å². The SMILES string of the molecule is Cc1cccc(OCCNC(=O)C(C)N2C[C@@H](C)[C@H](C(=O)O)C2)c1. The molecule has 1 amide bonds. The van der Waals surface area contributed by atoms with Gasteiger partial charge in [0.2, 0.25) is 5.91 Å². The Bertz CT molecular complexity index is 590. The number of carbonyl (C=O) groups is 2. The Balaban J connectivity index is 1.73. The number of likely N-dealkylation sites (tertiary alicyclic amines) is 1. The van der Waals surface area contributed by atoms with Crippen LogP contribution in [0, 0.1) is 18.8 Å². The quantitative estimate of drug-likeness (QED) is 0.740. The van der Waals surface area contributed by atoms with Crippen molar-refractivity contribution in [1.29, 1.82) is 0 Å². The standard InChI is InChI=1S/C18H26N2O4/c1-12-5-4-6-15(9-12)24-8-7-19-17(21)14(3)20-10-13(2)16(11-20)18(22)23/h4-6,9,13-14,16H,7-8,10-11H2,1-3H3,(H,19,21)(H,22,23)/t13-,14?,16-/m1/s1. The van der Waals surface area contributed by atoms with Crippen molar-refractivity contribution < 1.29 is 19.4 Å². The minimum Gasteiger partial charge on any atom is -0.492 e. The van der Waals surface area contributed by atoms with Crippen LogP contribution in [0.2, 0.25) is 0 Å². The fourth-order valence-electron chi connectivity index (χ4n) is 3.00. The number of carboxylic acid groups (broad SMARTS) is 1. The third kappa shape index (κ3) is 4.71. The van der Waals surface area contributed by atoms with E-state index in [4.69, 9.17) is 4.74 Å². The maximum absolute atomic E-state index is 12.2. The van der Waals surface area contributed by atoms with Crippen LogP contribution in [0.5, 0.6) is 5.75 Å². The largest absolute Gasteiger partial charge is 0.492 e. The van der Waals surface area contributed by atoms with Crippen LogP contribution in [0.25, 0.3) is 0 Å². The monoisotopic (exact) mass is 334 g/mol. The second-order valence-electron chi connectivity index (χ2n) is 6.51. The Hall–Kier alpha value is -2.08. The van der Waals surface area contributed by atoms with Gasteiger partial charge in [-0.3, -0.25) is 14.5 Å². The molecule has 24 heavy (non-hydrogen) atoms. The smallest absolute Gasteiger partial charge is 0.308 e. The van der Waals surface area contributed by atoms with E-state index in [1.807, 2.05) is 49.9 Å². The number of amides is 1. The van der Waals surface area contributed by atoms with Crippen molar-refractivity contribution in [2.75, 3.05) is 26.2 Å². The van der Waals surface area contributed by atoms with Gasteiger partial charge in [0, 0.05) is 13.1 Å². The summed E-state index contributed by atoms with van der Waals surface area (Å²) in [5, 5.41) is 12.0. The van der Waals surface area contributed by atoms with Crippen LogP contribution >= 0.6 is 0 Å². The lowest BCUT2D eigenvalue weighted by Crippen LogP contribution is -2.45. The van der Waals surface area contributed by atoms with E-state index < -0.39 is 11.9 Å². The molecule has 1 aromatic rings. The minimum absolute atomic E-state index is 0.0578. The first kappa shape index (κ1) is 18.3. The van der Waals surface area contributed by atoms with Gasteiger partial charge in [0.25, 0.3) is 0 Å². The van der Waals surface area contributed by atoms with Crippen LogP contribution in [-0.4, -0.2) is 54.2 Å². The Morgan fingerprint density at radius 2 is 2.17 bits per heavy atom. The van der Waals surface area contributed by atoms with Crippen molar-refractivity contribution in [2.24, 2.45) is 11.8 Å². The second kappa shape index (κ2) is 8.15. The Kier molecular flexibility index (Phi) is 6.20. The van der Waals surface area contributed by atoms with Gasteiger partial charge in [0.15, 0.2) is 0 Å². The summed E-state index contributed by atoms with van der Waals surface area (Å²) >= 11 is 0. The van der Waals surface area contributed by atoms with E-state index >= 15 is 0 Å². The molecule has 1 aliphatic rings. The highest BCUT2D eigenvalue weighted by atomic mass is 16.5. The number of aliphatic carboxylic acids is 1. The second-order valence-corrected chi connectivity index (χ2v) is 6.51. The molecule has 132 valence electrons. The van der Waals surface area contributed by atoms with Gasteiger partial charge in [0.1, 0.15) is 12.4 Å². The molecule has 2 rings (SSSR count). The van der Waals surface area contributed by atoms with Crippen LogP contribution in [0.15, 0.2) is 24.3 Å². The van der Waals surface area contributed by atoms with Crippen molar-refractivity contribution in [3.8, 4) is 5.75 Å². The Labute approximate surface area is 142 Å². The summed E-state index contributed by atoms with van der Waals surface area (Å²) in [6.07, 6.45) is 0. The summed E-state index contributed by atoms with van der Waals surface area (Å²) in [4.78, 5) is 25.3. The number of carboxylic acids is 1. The van der Waals surface area contributed by atoms with Crippen molar-refractivity contribution in [3.05, 3.63) is 29.8 Å². The molecule has 0 aromatic heterocycles. The van der Waals surface area contributed by atoms with Crippen LogP contribution in [0.4, 0.5) is 0 Å². The van der Waals surface area contributed by atoms with Crippen LogP contribution in [-0.2, 0) is 9.59 Å². The van der Waals surface area contributed by atoms with Crippen molar-refractivity contribution >= 4 is 11.9 Å². The average molecular weight is 334 g/mol. The first-order valence-corrected chi connectivity index (χ1v) is 8.32. The number of rotatable bonds is 7. The molecule has 0 radical (unpaired) electrons. The van der Waals surface area contributed by atoms with Gasteiger partial charge in [0.05, 0.1) is 18.5 Å². The van der Waals surface area contributed by atoms with E-state index in [0.29, 0.717) is 26.2 Å². The van der Waals surface area contributed by atoms with Gasteiger partial charge >= 0.3 is 5.97 Å². The molecule has 0 spiro atoms. The lowest BCUT2D eigenvalue weighted by atomic mass is 9.99. The third-order valence-electron chi connectivity index (χ3n) is 4.54. The van der Waals surface area contributed by atoms with Gasteiger partial charge in [-0.15, -0.1) is 0 Å². The molecule has 2 N–H and O–H groups in total. The van der Waals surface area contributed by atoms with Crippen LogP contribution < -0.4 is 10.1 Å². The molecule has 1 aliphatic heterocycles. The summed E-state index contributed by atoms with van der Waals surface area (Å²) in [6.45, 7) is 7.60. The zero-order chi connectivity index (χ0) is 17.7. The molecule has 1 saturated heterocycles. The normalized spacial score (nSPS) is 22.1. The molecule has 3 atom stereocenters. The van der Waals surface area contributed by atoms with Gasteiger partial charge < -0.3 is 15.2 Å². The fourth-order valence-corrected chi connectivity index (χ4v) is 3.00. The number of hydrogen-bond acceptors (Lipinski definition) is 4. The predicted molar refractivity (Wildman–Crippen MR) is 91.0 cm³/mol. The molecule has 1 fully saturated rings. The molecule has 0 aliphatic carbocycles. The number of nitrogens with zero attached hydrogens (tertiary/aromatic N) is 1. The van der Waals surface area contributed by atoms with Crippen molar-refractivity contribution in [3.63, 3.8) is 0 Å². The minimum atomic E-state index is -0.788. The summed E-state index contributed by atoms with van der Waals surface area (Å²) in [5.74, 6) is -0.437. The summed E-state index contributed by atoms with van der Waals surface area (Å²) in [7, 11) is 0. The number of ether oxygens (including phenoxy) is 1. The molecule has 1 heterocycles. The topological polar surface area (TPSA) is 78.9 Å². The fraction of sp³-hybridized carbons (Fsp3) is 0.556. The Morgan fingerprint density at radius 3 is 2.79 bits per heavy atom. The molecular formula is C18H26N2O4. The molecule has 1 aromatic carbocycles. The molecule has 6 nitrogen and oxygen atoms in total. The van der Waals surface area contributed by atoms with Gasteiger partial charge in [-0.05, 0) is 37.5 Å². The number of benzene rings is 1. The molecular weight excluding hydrogens is 308 g/mol. The highest BCUT2D eigenvalue weighted by Crippen LogP contribution is 2.24. The summed E-state index contributed by atoms with van der Waals surface area (Å²) in [6, 6.07) is 7.42. The molecule has 1 unspecified atom stereocenters. The van der Waals surface area contributed by atoms with E-state index in [-0.39, 0.29) is 17.9 Å². The van der Waals surface area contributed by atoms with E-state index in [0.717, 1.165) is 11.3 Å². The number of hydrogen-bond donors (Lipinski definition) is 2. The highest BCUT2D eigenvalue weighted by molar-refractivity contribution is 5.81. The highest BCUT2D eigenvalue weighted by Gasteiger charge is 2.38. The lowest BCUT2D eigenvalue weighted by Gasteiger charge is -2.23. The number of nitrogens with one attached hydrogen (secondary N) is 1. The first-order chi connectivity index (χ1) is 11.4. The molecule has 0 saturated carbocycles. The zero-order valence-electron chi connectivity index (χ0n) is 14.5.